The lowest BCUT2D eigenvalue weighted by atomic mass is 10.2. The summed E-state index contributed by atoms with van der Waals surface area (Å²) in [6, 6.07) is 0.168. The number of rotatable bonds is 3. The van der Waals surface area contributed by atoms with Crippen molar-refractivity contribution in [2.75, 3.05) is 12.3 Å². The quantitative estimate of drug-likeness (QED) is 0.753. The minimum atomic E-state index is -0.0752. The van der Waals surface area contributed by atoms with Crippen molar-refractivity contribution in [1.29, 1.82) is 0 Å². The number of amides is 1. The summed E-state index contributed by atoms with van der Waals surface area (Å²) < 4.78 is 0. The second-order valence-corrected chi connectivity index (χ2v) is 3.38. The van der Waals surface area contributed by atoms with Crippen LogP contribution < -0.4 is 5.73 Å². The van der Waals surface area contributed by atoms with E-state index in [1.54, 1.807) is 4.90 Å². The summed E-state index contributed by atoms with van der Waals surface area (Å²) in [7, 11) is 0. The van der Waals surface area contributed by atoms with E-state index in [0.29, 0.717) is 17.9 Å². The van der Waals surface area contributed by atoms with Gasteiger partial charge in [0, 0.05) is 12.6 Å². The van der Waals surface area contributed by atoms with E-state index in [1.165, 1.54) is 6.20 Å². The summed E-state index contributed by atoms with van der Waals surface area (Å²) in [4.78, 5) is 13.6. The highest BCUT2D eigenvalue weighted by molar-refractivity contribution is 5.98. The molecule has 14 heavy (non-hydrogen) atoms. The molecule has 0 fully saturated rings. The lowest BCUT2D eigenvalue weighted by Gasteiger charge is -2.24. The molecule has 3 N–H and O–H groups in total. The highest BCUT2D eigenvalue weighted by atomic mass is 16.2. The Morgan fingerprint density at radius 2 is 2.36 bits per heavy atom. The van der Waals surface area contributed by atoms with Crippen LogP contribution in [0.1, 0.15) is 31.1 Å². The zero-order valence-corrected chi connectivity index (χ0v) is 8.74. The molecule has 0 saturated carbocycles. The number of hydrogen-bond acceptors (Lipinski definition) is 3. The van der Waals surface area contributed by atoms with Crippen molar-refractivity contribution in [2.24, 2.45) is 0 Å². The topological polar surface area (TPSA) is 75.0 Å². The Balaban J connectivity index is 2.89. The van der Waals surface area contributed by atoms with Crippen molar-refractivity contribution < 1.29 is 4.79 Å². The lowest BCUT2D eigenvalue weighted by Crippen LogP contribution is -2.36. The number of aromatic nitrogens is 2. The average molecular weight is 196 g/mol. The van der Waals surface area contributed by atoms with Gasteiger partial charge in [0.05, 0.1) is 6.20 Å². The number of carbonyl (C=O) groups is 1. The Bertz CT molecular complexity index is 318. The highest BCUT2D eigenvalue weighted by Crippen LogP contribution is 2.11. The molecule has 0 bridgehead atoms. The number of nitrogens with zero attached hydrogens (tertiary/aromatic N) is 2. The Morgan fingerprint density at radius 1 is 1.71 bits per heavy atom. The molecule has 1 rings (SSSR count). The van der Waals surface area contributed by atoms with E-state index < -0.39 is 0 Å². The zero-order chi connectivity index (χ0) is 10.7. The van der Waals surface area contributed by atoms with E-state index in [2.05, 4.69) is 10.2 Å². The summed E-state index contributed by atoms with van der Waals surface area (Å²) in [6.07, 6.45) is 1.46. The normalized spacial score (nSPS) is 10.6. The van der Waals surface area contributed by atoms with Crippen LogP contribution in [0, 0.1) is 0 Å². The number of carbonyl (C=O) groups excluding carboxylic acids is 1. The van der Waals surface area contributed by atoms with Crippen molar-refractivity contribution in [3.05, 3.63) is 11.8 Å². The van der Waals surface area contributed by atoms with Crippen LogP contribution in [0.15, 0.2) is 6.20 Å². The number of nitrogens with two attached hydrogens (primary N) is 1. The molecule has 78 valence electrons. The first kappa shape index (κ1) is 10.6. The average Bonchev–Trinajstić information content (AvgIpc) is 2.51. The number of anilines is 1. The van der Waals surface area contributed by atoms with Crippen LogP contribution in [0.2, 0.25) is 0 Å². The predicted octanol–water partition coefficient (Wildman–Crippen LogP) is 0.862. The maximum Gasteiger partial charge on any atom is 0.259 e. The largest absolute Gasteiger partial charge is 0.383 e. The van der Waals surface area contributed by atoms with Crippen LogP contribution in [0.3, 0.4) is 0 Å². The van der Waals surface area contributed by atoms with Crippen molar-refractivity contribution in [3.8, 4) is 0 Å². The number of nitrogens with one attached hydrogen (secondary N) is 1. The first-order valence-corrected chi connectivity index (χ1v) is 4.67. The third-order valence-corrected chi connectivity index (χ3v) is 2.12. The number of hydrogen-bond donors (Lipinski definition) is 2. The van der Waals surface area contributed by atoms with Gasteiger partial charge in [-0.25, -0.2) is 0 Å². The van der Waals surface area contributed by atoms with Crippen molar-refractivity contribution in [3.63, 3.8) is 0 Å². The van der Waals surface area contributed by atoms with E-state index in [0.717, 1.165) is 0 Å². The molecule has 0 unspecified atom stereocenters. The van der Waals surface area contributed by atoms with Gasteiger partial charge in [-0.3, -0.25) is 9.89 Å². The molecule has 1 aromatic heterocycles. The maximum atomic E-state index is 11.9. The SMILES string of the molecule is CCN(C(=O)c1cn[nH]c1N)C(C)C. The van der Waals surface area contributed by atoms with E-state index >= 15 is 0 Å². The molecular weight excluding hydrogens is 180 g/mol. The molecular formula is C9H16N4O. The van der Waals surface area contributed by atoms with Gasteiger partial charge in [-0.1, -0.05) is 0 Å². The minimum absolute atomic E-state index is 0.0752. The molecule has 0 atom stereocenters. The molecule has 0 saturated heterocycles. The van der Waals surface area contributed by atoms with E-state index in [1.807, 2.05) is 20.8 Å². The van der Waals surface area contributed by atoms with Crippen LogP contribution in [-0.4, -0.2) is 33.6 Å². The van der Waals surface area contributed by atoms with Gasteiger partial charge in [0.2, 0.25) is 0 Å². The number of aromatic amines is 1. The Hall–Kier alpha value is -1.52. The van der Waals surface area contributed by atoms with Crippen molar-refractivity contribution >= 4 is 11.7 Å². The molecule has 0 aliphatic rings. The van der Waals surface area contributed by atoms with Gasteiger partial charge in [-0.05, 0) is 20.8 Å². The Morgan fingerprint density at radius 3 is 2.71 bits per heavy atom. The minimum Gasteiger partial charge on any atom is -0.383 e. The predicted molar refractivity (Wildman–Crippen MR) is 54.8 cm³/mol. The molecule has 0 aromatic carbocycles. The molecule has 1 aromatic rings. The van der Waals surface area contributed by atoms with Gasteiger partial charge in [0.25, 0.3) is 5.91 Å². The summed E-state index contributed by atoms with van der Waals surface area (Å²) in [5, 5.41) is 6.27. The van der Waals surface area contributed by atoms with Gasteiger partial charge in [0.15, 0.2) is 0 Å². The molecule has 1 heterocycles. The molecule has 0 spiro atoms. The van der Waals surface area contributed by atoms with Gasteiger partial charge < -0.3 is 10.6 Å². The summed E-state index contributed by atoms with van der Waals surface area (Å²) in [6.45, 7) is 6.55. The Labute approximate surface area is 83.3 Å². The van der Waals surface area contributed by atoms with Crippen LogP contribution in [0.25, 0.3) is 0 Å². The third kappa shape index (κ3) is 1.86. The fourth-order valence-electron chi connectivity index (χ4n) is 1.36. The molecule has 0 aliphatic heterocycles. The monoisotopic (exact) mass is 196 g/mol. The van der Waals surface area contributed by atoms with Crippen LogP contribution in [-0.2, 0) is 0 Å². The first-order valence-electron chi connectivity index (χ1n) is 4.67. The molecule has 5 heteroatoms. The second-order valence-electron chi connectivity index (χ2n) is 3.38. The molecule has 5 nitrogen and oxygen atoms in total. The highest BCUT2D eigenvalue weighted by Gasteiger charge is 2.20. The fourth-order valence-corrected chi connectivity index (χ4v) is 1.36. The van der Waals surface area contributed by atoms with Gasteiger partial charge in [-0.2, -0.15) is 5.10 Å². The second kappa shape index (κ2) is 4.13. The lowest BCUT2D eigenvalue weighted by molar-refractivity contribution is 0.0718. The van der Waals surface area contributed by atoms with Gasteiger partial charge in [0.1, 0.15) is 11.4 Å². The van der Waals surface area contributed by atoms with E-state index in [4.69, 9.17) is 5.73 Å². The summed E-state index contributed by atoms with van der Waals surface area (Å²) >= 11 is 0. The van der Waals surface area contributed by atoms with Gasteiger partial charge in [-0.15, -0.1) is 0 Å². The van der Waals surface area contributed by atoms with Crippen molar-refractivity contribution in [1.82, 2.24) is 15.1 Å². The van der Waals surface area contributed by atoms with Crippen LogP contribution in [0.5, 0.6) is 0 Å². The van der Waals surface area contributed by atoms with E-state index in [-0.39, 0.29) is 11.9 Å². The smallest absolute Gasteiger partial charge is 0.259 e. The standard InChI is InChI=1S/C9H16N4O/c1-4-13(6(2)3)9(14)7-5-11-12-8(7)10/h5-6H,4H2,1-3H3,(H3,10,11,12). The maximum absolute atomic E-state index is 11.9. The molecule has 1 amide bonds. The summed E-state index contributed by atoms with van der Waals surface area (Å²) in [5.74, 6) is 0.253. The van der Waals surface area contributed by atoms with Gasteiger partial charge >= 0.3 is 0 Å². The molecule has 0 radical (unpaired) electrons. The zero-order valence-electron chi connectivity index (χ0n) is 8.74. The van der Waals surface area contributed by atoms with Crippen molar-refractivity contribution in [2.45, 2.75) is 26.8 Å². The third-order valence-electron chi connectivity index (χ3n) is 2.12. The van der Waals surface area contributed by atoms with Crippen LogP contribution in [0.4, 0.5) is 5.82 Å². The summed E-state index contributed by atoms with van der Waals surface area (Å²) in [5.41, 5.74) is 6.01. The fraction of sp³-hybridized carbons (Fsp3) is 0.556. The number of nitrogen functional groups attached to an aromatic ring is 1. The number of H-pyrrole nitrogens is 1. The van der Waals surface area contributed by atoms with Crippen LogP contribution >= 0.6 is 0 Å². The van der Waals surface area contributed by atoms with E-state index in [9.17, 15) is 4.79 Å². The molecule has 0 aliphatic carbocycles. The Kier molecular flexibility index (Phi) is 3.11. The first-order chi connectivity index (χ1) is 6.57.